The fraction of sp³-hybridized carbons (Fsp3) is 0.355. The molecule has 2 amide bonds. The molecule has 0 spiro atoms. The van der Waals surface area contributed by atoms with Gasteiger partial charge in [-0.1, -0.05) is 49.7 Å². The Balaban J connectivity index is 1.36. The molecule has 39 heavy (non-hydrogen) atoms. The van der Waals surface area contributed by atoms with E-state index in [0.29, 0.717) is 42.8 Å². The molecule has 8 heteroatoms. The van der Waals surface area contributed by atoms with Crippen LogP contribution in [0.3, 0.4) is 0 Å². The standard InChI is InChI=1S/C31H34N2O6/c1-4-6-18-37-24-15-13-23(14-16-24)33-30(34)27-28(32(3)39-29(27)31(33)35)22-12-17-25(26(19-22)36-5-2)38-20-21-10-8-7-9-11-21/h7-17,19,27-29H,4-6,18,20H2,1-3H3/t27-,28+,29+/m1/s1. The summed E-state index contributed by atoms with van der Waals surface area (Å²) in [5.74, 6) is 0.550. The van der Waals surface area contributed by atoms with E-state index in [2.05, 4.69) is 6.92 Å². The van der Waals surface area contributed by atoms with Crippen molar-refractivity contribution >= 4 is 17.5 Å². The zero-order chi connectivity index (χ0) is 27.4. The van der Waals surface area contributed by atoms with Crippen molar-refractivity contribution < 1.29 is 28.6 Å². The molecule has 2 heterocycles. The van der Waals surface area contributed by atoms with Crippen molar-refractivity contribution in [3.8, 4) is 17.2 Å². The van der Waals surface area contributed by atoms with Crippen LogP contribution in [0.5, 0.6) is 17.2 Å². The lowest BCUT2D eigenvalue weighted by Gasteiger charge is -2.25. The monoisotopic (exact) mass is 530 g/mol. The summed E-state index contributed by atoms with van der Waals surface area (Å²) >= 11 is 0. The Hall–Kier alpha value is -3.88. The Morgan fingerprint density at radius 1 is 0.846 bits per heavy atom. The van der Waals surface area contributed by atoms with E-state index in [1.54, 1.807) is 36.4 Å². The van der Waals surface area contributed by atoms with Crippen LogP contribution in [0.2, 0.25) is 0 Å². The maximum absolute atomic E-state index is 13.7. The summed E-state index contributed by atoms with van der Waals surface area (Å²) in [5, 5.41) is 1.60. The fourth-order valence-electron chi connectivity index (χ4n) is 5.08. The van der Waals surface area contributed by atoms with E-state index in [1.165, 1.54) is 4.90 Å². The van der Waals surface area contributed by atoms with Crippen molar-refractivity contribution in [3.05, 3.63) is 83.9 Å². The molecule has 8 nitrogen and oxygen atoms in total. The molecule has 3 atom stereocenters. The van der Waals surface area contributed by atoms with Gasteiger partial charge in [0.25, 0.3) is 5.91 Å². The summed E-state index contributed by atoms with van der Waals surface area (Å²) in [4.78, 5) is 34.2. The number of fused-ring (bicyclic) bond motifs is 1. The quantitative estimate of drug-likeness (QED) is 0.245. The first-order valence-electron chi connectivity index (χ1n) is 13.5. The molecule has 0 saturated carbocycles. The topological polar surface area (TPSA) is 77.5 Å². The fourth-order valence-corrected chi connectivity index (χ4v) is 5.08. The van der Waals surface area contributed by atoms with Crippen LogP contribution >= 0.6 is 0 Å². The van der Waals surface area contributed by atoms with Crippen molar-refractivity contribution in [2.45, 2.75) is 45.4 Å². The minimum atomic E-state index is -0.891. The Labute approximate surface area is 229 Å². The summed E-state index contributed by atoms with van der Waals surface area (Å²) in [6.07, 6.45) is 1.12. The zero-order valence-corrected chi connectivity index (χ0v) is 22.5. The summed E-state index contributed by atoms with van der Waals surface area (Å²) in [6, 6.07) is 22.1. The normalized spacial score (nSPS) is 20.8. The largest absolute Gasteiger partial charge is 0.494 e. The van der Waals surface area contributed by atoms with E-state index in [1.807, 2.05) is 55.5 Å². The maximum Gasteiger partial charge on any atom is 0.265 e. The third kappa shape index (κ3) is 5.48. The molecular formula is C31H34N2O6. The van der Waals surface area contributed by atoms with E-state index in [4.69, 9.17) is 19.0 Å². The molecule has 3 aromatic carbocycles. The predicted molar refractivity (Wildman–Crippen MR) is 147 cm³/mol. The van der Waals surface area contributed by atoms with Crippen LogP contribution in [0.4, 0.5) is 5.69 Å². The van der Waals surface area contributed by atoms with Crippen LogP contribution < -0.4 is 19.1 Å². The number of nitrogens with zero attached hydrogens (tertiary/aromatic N) is 2. The van der Waals surface area contributed by atoms with Crippen LogP contribution in [-0.4, -0.2) is 43.2 Å². The van der Waals surface area contributed by atoms with Gasteiger partial charge in [0.05, 0.1) is 30.9 Å². The number of unbranched alkanes of at least 4 members (excludes halogenated alkanes) is 1. The summed E-state index contributed by atoms with van der Waals surface area (Å²) < 4.78 is 17.7. The van der Waals surface area contributed by atoms with Gasteiger partial charge in [0.1, 0.15) is 12.4 Å². The van der Waals surface area contributed by atoms with E-state index >= 15 is 0 Å². The summed E-state index contributed by atoms with van der Waals surface area (Å²) in [7, 11) is 1.75. The molecule has 0 N–H and O–H groups in total. The van der Waals surface area contributed by atoms with Gasteiger partial charge in [-0.05, 0) is 60.9 Å². The lowest BCUT2D eigenvalue weighted by Crippen LogP contribution is -2.36. The number of benzene rings is 3. The minimum Gasteiger partial charge on any atom is -0.494 e. The lowest BCUT2D eigenvalue weighted by molar-refractivity contribution is -0.160. The van der Waals surface area contributed by atoms with Crippen LogP contribution in [0, 0.1) is 5.92 Å². The van der Waals surface area contributed by atoms with Crippen LogP contribution in [-0.2, 0) is 21.0 Å². The minimum absolute atomic E-state index is 0.290. The number of ether oxygens (including phenoxy) is 3. The first kappa shape index (κ1) is 26.7. The first-order valence-corrected chi connectivity index (χ1v) is 13.5. The Bertz CT molecular complexity index is 1300. The Morgan fingerprint density at radius 3 is 2.33 bits per heavy atom. The van der Waals surface area contributed by atoms with E-state index in [0.717, 1.165) is 24.0 Å². The molecule has 2 fully saturated rings. The average Bonchev–Trinajstić information content (AvgIpc) is 3.42. The second kappa shape index (κ2) is 11.9. The SMILES string of the molecule is CCCCOc1ccc(N2C(=O)[C@H]3[C@H](ON(C)[C@H]3c3ccc(OCc4ccccc4)c(OCC)c3)C2=O)cc1. The smallest absolute Gasteiger partial charge is 0.265 e. The predicted octanol–water partition coefficient (Wildman–Crippen LogP) is 5.32. The number of amides is 2. The number of carbonyl (C=O) groups excluding carboxylic acids is 2. The molecule has 2 aliphatic rings. The van der Waals surface area contributed by atoms with Gasteiger partial charge in [0, 0.05) is 7.05 Å². The first-order chi connectivity index (χ1) is 19.0. The number of rotatable bonds is 11. The van der Waals surface area contributed by atoms with Gasteiger partial charge in [0.15, 0.2) is 17.6 Å². The number of carbonyl (C=O) groups is 2. The van der Waals surface area contributed by atoms with Gasteiger partial charge in [-0.3, -0.25) is 14.4 Å². The van der Waals surface area contributed by atoms with Gasteiger partial charge < -0.3 is 14.2 Å². The highest BCUT2D eigenvalue weighted by Gasteiger charge is 2.59. The number of anilines is 1. The Morgan fingerprint density at radius 2 is 1.62 bits per heavy atom. The molecule has 3 aromatic rings. The van der Waals surface area contributed by atoms with E-state index in [9.17, 15) is 9.59 Å². The highest BCUT2D eigenvalue weighted by atomic mass is 16.7. The maximum atomic E-state index is 13.7. The van der Waals surface area contributed by atoms with E-state index < -0.39 is 18.1 Å². The zero-order valence-electron chi connectivity index (χ0n) is 22.5. The van der Waals surface area contributed by atoms with Gasteiger partial charge in [-0.2, -0.15) is 5.06 Å². The van der Waals surface area contributed by atoms with Crippen molar-refractivity contribution in [2.24, 2.45) is 5.92 Å². The molecule has 0 aliphatic carbocycles. The third-order valence-electron chi connectivity index (χ3n) is 7.02. The van der Waals surface area contributed by atoms with Crippen molar-refractivity contribution in [3.63, 3.8) is 0 Å². The van der Waals surface area contributed by atoms with Crippen molar-refractivity contribution in [1.82, 2.24) is 5.06 Å². The molecule has 204 valence electrons. The molecular weight excluding hydrogens is 496 g/mol. The third-order valence-corrected chi connectivity index (χ3v) is 7.02. The lowest BCUT2D eigenvalue weighted by atomic mass is 9.91. The molecule has 5 rings (SSSR count). The van der Waals surface area contributed by atoms with Gasteiger partial charge >= 0.3 is 0 Å². The molecule has 0 aromatic heterocycles. The molecule has 2 saturated heterocycles. The Kier molecular flexibility index (Phi) is 8.14. The van der Waals surface area contributed by atoms with Crippen molar-refractivity contribution in [1.29, 1.82) is 0 Å². The molecule has 2 aliphatic heterocycles. The summed E-state index contributed by atoms with van der Waals surface area (Å²) in [6.45, 7) is 5.50. The van der Waals surface area contributed by atoms with Crippen LogP contribution in [0.1, 0.15) is 43.9 Å². The second-order valence-corrected chi connectivity index (χ2v) is 9.66. The number of hydrogen-bond acceptors (Lipinski definition) is 7. The summed E-state index contributed by atoms with van der Waals surface area (Å²) in [5.41, 5.74) is 2.36. The highest BCUT2D eigenvalue weighted by Crippen LogP contribution is 2.46. The molecule has 0 bridgehead atoms. The van der Waals surface area contributed by atoms with E-state index in [-0.39, 0.29) is 11.8 Å². The highest BCUT2D eigenvalue weighted by molar-refractivity contribution is 6.23. The second-order valence-electron chi connectivity index (χ2n) is 9.66. The van der Waals surface area contributed by atoms with Crippen molar-refractivity contribution in [2.75, 3.05) is 25.2 Å². The molecule has 0 radical (unpaired) electrons. The molecule has 0 unspecified atom stereocenters. The number of hydrogen-bond donors (Lipinski definition) is 0. The van der Waals surface area contributed by atoms with Gasteiger partial charge in [-0.15, -0.1) is 0 Å². The average molecular weight is 531 g/mol. The van der Waals surface area contributed by atoms with Crippen LogP contribution in [0.25, 0.3) is 0 Å². The van der Waals surface area contributed by atoms with Gasteiger partial charge in [0.2, 0.25) is 5.91 Å². The van der Waals surface area contributed by atoms with Gasteiger partial charge in [-0.25, -0.2) is 4.90 Å². The number of hydroxylamine groups is 2. The van der Waals surface area contributed by atoms with Crippen LogP contribution in [0.15, 0.2) is 72.8 Å². The number of imide groups is 1.